The van der Waals surface area contributed by atoms with Crippen molar-refractivity contribution in [3.05, 3.63) is 0 Å². The van der Waals surface area contributed by atoms with Crippen LogP contribution >= 0.6 is 0 Å². The Bertz CT molecular complexity index is 840. The minimum atomic E-state index is -1.34. The Hall–Kier alpha value is -1.53. The maximum absolute atomic E-state index is 13.1. The first-order valence-electron chi connectivity index (χ1n) is 20.1. The molecule has 0 saturated heterocycles. The molecule has 0 fully saturated rings. The zero-order valence-electron chi connectivity index (χ0n) is 32.0. The summed E-state index contributed by atoms with van der Waals surface area (Å²) in [5.74, 6) is -3.72. The van der Waals surface area contributed by atoms with Crippen molar-refractivity contribution in [2.45, 2.75) is 212 Å². The number of rotatable bonds is 34. The number of nitrogens with zero attached hydrogens (tertiary/aromatic N) is 1. The molecule has 12 heteroatoms. The molecule has 0 aromatic rings. The molecule has 0 rings (SSSR count). The van der Waals surface area contributed by atoms with Crippen LogP contribution in [0.4, 0.5) is 0 Å². The molecule has 0 aromatic heterocycles. The van der Waals surface area contributed by atoms with Crippen LogP contribution in [0.1, 0.15) is 200 Å². The number of carbonyl (C=O) groups excluding carboxylic acids is 3. The van der Waals surface area contributed by atoms with Gasteiger partial charge in [-0.2, -0.15) is 0 Å². The fourth-order valence-corrected chi connectivity index (χ4v) is 5.88. The number of imide groups is 1. The van der Waals surface area contributed by atoms with Crippen LogP contribution < -0.4 is 17.2 Å². The fraction of sp³-hybridized carbons (Fsp3) is 0.872. The van der Waals surface area contributed by atoms with Gasteiger partial charge in [0, 0.05) is 19.3 Å². The molecule has 0 aliphatic heterocycles. The Morgan fingerprint density at radius 1 is 0.510 bits per heavy atom. The average Bonchev–Trinajstić information content (AvgIpc) is 3.07. The number of carboxylic acids is 2. The second kappa shape index (κ2) is 39.7. The van der Waals surface area contributed by atoms with E-state index in [9.17, 15) is 29.1 Å². The maximum atomic E-state index is 13.1. The van der Waals surface area contributed by atoms with Crippen LogP contribution in [0.15, 0.2) is 0 Å². The number of amides is 3. The van der Waals surface area contributed by atoms with E-state index >= 15 is 0 Å². The number of primary amides is 1. The second-order valence-corrected chi connectivity index (χ2v) is 13.8. The van der Waals surface area contributed by atoms with Crippen LogP contribution in [0, 0.1) is 0 Å². The number of nitrogens with two attached hydrogens (primary N) is 3. The first kappa shape index (κ1) is 53.8. The molecule has 0 aliphatic rings. The molecule has 0 saturated carbocycles. The van der Waals surface area contributed by atoms with Crippen molar-refractivity contribution in [1.82, 2.24) is 4.90 Å². The van der Waals surface area contributed by atoms with Crippen molar-refractivity contribution >= 4 is 59.2 Å². The Morgan fingerprint density at radius 3 is 1.16 bits per heavy atom. The summed E-state index contributed by atoms with van der Waals surface area (Å²) >= 11 is 0. The topological polar surface area (TPSA) is 207 Å². The van der Waals surface area contributed by atoms with Crippen molar-refractivity contribution in [1.29, 1.82) is 0 Å². The summed E-state index contributed by atoms with van der Waals surface area (Å²) < 4.78 is 0. The van der Waals surface area contributed by atoms with Gasteiger partial charge in [0.15, 0.2) is 0 Å². The molecule has 3 amide bonds. The van der Waals surface area contributed by atoms with Crippen LogP contribution in [-0.4, -0.2) is 93.0 Å². The molecule has 11 nitrogen and oxygen atoms in total. The Morgan fingerprint density at radius 2 is 0.863 bits per heavy atom. The van der Waals surface area contributed by atoms with Crippen LogP contribution in [0.2, 0.25) is 0 Å². The molecule has 0 aliphatic carbocycles. The van der Waals surface area contributed by atoms with E-state index in [1.54, 1.807) is 0 Å². The molecule has 0 spiro atoms. The SMILES string of the molecule is CCCCCCCCCCCCCC(=O)N(C(=O)CCCCCCCCCCCCC)[C@@H](CCC(N)=O)C(=O)O.NCCCCC(N)C(=O)O.[NaH]. The van der Waals surface area contributed by atoms with Crippen LogP contribution in [-0.2, 0) is 24.0 Å². The van der Waals surface area contributed by atoms with E-state index in [2.05, 4.69) is 13.8 Å². The molecule has 0 heterocycles. The Kier molecular flexibility index (Phi) is 41.9. The monoisotopic (exact) mass is 737 g/mol. The fourth-order valence-electron chi connectivity index (χ4n) is 5.88. The predicted molar refractivity (Wildman–Crippen MR) is 210 cm³/mol. The van der Waals surface area contributed by atoms with Crippen molar-refractivity contribution in [3.63, 3.8) is 0 Å². The van der Waals surface area contributed by atoms with Gasteiger partial charge in [0.05, 0.1) is 0 Å². The van der Waals surface area contributed by atoms with E-state index < -0.39 is 41.7 Å². The van der Waals surface area contributed by atoms with Gasteiger partial charge >= 0.3 is 41.5 Å². The van der Waals surface area contributed by atoms with Gasteiger partial charge in [0.25, 0.3) is 0 Å². The summed E-state index contributed by atoms with van der Waals surface area (Å²) in [5, 5.41) is 18.1. The van der Waals surface area contributed by atoms with Gasteiger partial charge in [-0.05, 0) is 38.6 Å². The summed E-state index contributed by atoms with van der Waals surface area (Å²) in [6, 6.07) is -2.06. The van der Waals surface area contributed by atoms with Crippen molar-refractivity contribution in [3.8, 4) is 0 Å². The quantitative estimate of drug-likeness (QED) is 0.0330. The van der Waals surface area contributed by atoms with Gasteiger partial charge in [0.1, 0.15) is 12.1 Å². The molecule has 0 aromatic carbocycles. The van der Waals surface area contributed by atoms with Gasteiger partial charge < -0.3 is 27.4 Å². The van der Waals surface area contributed by atoms with E-state index in [1.165, 1.54) is 89.9 Å². The van der Waals surface area contributed by atoms with Gasteiger partial charge in [-0.3, -0.25) is 24.1 Å². The van der Waals surface area contributed by atoms with Crippen molar-refractivity contribution in [2.75, 3.05) is 6.54 Å². The summed E-state index contributed by atoms with van der Waals surface area (Å²) in [4.78, 5) is 60.5. The number of unbranched alkanes of at least 4 members (excludes halogenated alkanes) is 21. The molecule has 0 bridgehead atoms. The van der Waals surface area contributed by atoms with E-state index in [0.29, 0.717) is 25.8 Å². The average molecular weight is 737 g/mol. The van der Waals surface area contributed by atoms with E-state index in [1.807, 2.05) is 0 Å². The zero-order chi connectivity index (χ0) is 37.8. The molecule has 2 atom stereocenters. The van der Waals surface area contributed by atoms with Crippen molar-refractivity contribution in [2.24, 2.45) is 17.2 Å². The second-order valence-electron chi connectivity index (χ2n) is 13.8. The number of aliphatic carboxylic acids is 2. The first-order valence-corrected chi connectivity index (χ1v) is 20.1. The zero-order valence-corrected chi connectivity index (χ0v) is 32.0. The molecule has 1 unspecified atom stereocenters. The van der Waals surface area contributed by atoms with E-state index in [4.69, 9.17) is 22.3 Å². The first-order chi connectivity index (χ1) is 24.0. The number of carboxylic acid groups (broad SMARTS) is 2. The van der Waals surface area contributed by atoms with E-state index in [0.717, 1.165) is 56.3 Å². The number of carbonyl (C=O) groups is 5. The summed E-state index contributed by atoms with van der Waals surface area (Å²) in [6.07, 6.45) is 27.5. The van der Waals surface area contributed by atoms with Crippen LogP contribution in [0.3, 0.4) is 0 Å². The van der Waals surface area contributed by atoms with Crippen LogP contribution in [0.5, 0.6) is 0 Å². The molecule has 8 N–H and O–H groups in total. The van der Waals surface area contributed by atoms with Gasteiger partial charge in [0.2, 0.25) is 17.7 Å². The van der Waals surface area contributed by atoms with E-state index in [-0.39, 0.29) is 55.2 Å². The minimum absolute atomic E-state index is 0. The summed E-state index contributed by atoms with van der Waals surface area (Å²) in [5.41, 5.74) is 15.6. The molecule has 296 valence electrons. The molecular weight excluding hydrogens is 659 g/mol. The van der Waals surface area contributed by atoms with Crippen molar-refractivity contribution < 1.29 is 34.2 Å². The van der Waals surface area contributed by atoms with Gasteiger partial charge in [-0.15, -0.1) is 0 Å². The predicted octanol–water partition coefficient (Wildman–Crippen LogP) is 7.34. The normalized spacial score (nSPS) is 11.8. The number of hydrogen-bond donors (Lipinski definition) is 5. The summed E-state index contributed by atoms with van der Waals surface area (Å²) in [6.45, 7) is 5.05. The Balaban J connectivity index is -0.00000181. The van der Waals surface area contributed by atoms with Gasteiger partial charge in [-0.1, -0.05) is 149 Å². The Labute approximate surface area is 332 Å². The number of hydrogen-bond acceptors (Lipinski definition) is 7. The van der Waals surface area contributed by atoms with Crippen LogP contribution in [0.25, 0.3) is 0 Å². The summed E-state index contributed by atoms with van der Waals surface area (Å²) in [7, 11) is 0. The molecule has 0 radical (unpaired) electrons. The molecule has 51 heavy (non-hydrogen) atoms. The molecular formula is C39H77N4NaO7. The van der Waals surface area contributed by atoms with Gasteiger partial charge in [-0.25, -0.2) is 4.79 Å². The third-order valence-corrected chi connectivity index (χ3v) is 9.07. The third kappa shape index (κ3) is 35.3. The standard InChI is InChI=1S/C33H62N2O5.C6H14N2O2.Na.H/c1-3-5-7-9-11-13-15-17-19-21-23-25-31(37)35(29(33(39)40)27-28-30(34)36)32(38)26-24-22-20-18-16-14-12-10-8-6-4-2;7-4-2-1-3-5(8)6(9)10;;/h29H,3-28H2,1-2H3,(H2,34,36)(H,39,40);5H,1-4,7-8H2,(H,9,10);;/t29-;;;/m0.../s1. The third-order valence-electron chi connectivity index (χ3n) is 9.07.